The minimum absolute atomic E-state index is 0.167. The van der Waals surface area contributed by atoms with Crippen molar-refractivity contribution in [1.29, 1.82) is 0 Å². The Morgan fingerprint density at radius 2 is 2.19 bits per heavy atom. The summed E-state index contributed by atoms with van der Waals surface area (Å²) in [5.74, 6) is 0.627. The van der Waals surface area contributed by atoms with Gasteiger partial charge in [0.15, 0.2) is 0 Å². The Morgan fingerprint density at radius 3 is 2.81 bits per heavy atom. The number of amides is 1. The number of hydrogen-bond acceptors (Lipinski definition) is 2. The van der Waals surface area contributed by atoms with Crippen molar-refractivity contribution >= 4 is 21.8 Å². The van der Waals surface area contributed by atoms with Crippen LogP contribution in [-0.2, 0) is 0 Å². The summed E-state index contributed by atoms with van der Waals surface area (Å²) in [6, 6.07) is 2.80. The molecule has 21 heavy (non-hydrogen) atoms. The van der Waals surface area contributed by atoms with Crippen LogP contribution in [0.4, 0.5) is 0 Å². The molecular weight excluding hydrogens is 330 g/mol. The Balaban J connectivity index is 1.85. The number of carbonyl (C=O) groups excluding carboxylic acids is 1. The number of halogens is 1. The second-order valence-corrected chi connectivity index (χ2v) is 7.18. The van der Waals surface area contributed by atoms with Crippen molar-refractivity contribution in [2.45, 2.75) is 51.1 Å². The van der Waals surface area contributed by atoms with E-state index in [9.17, 15) is 4.79 Å². The Labute approximate surface area is 134 Å². The summed E-state index contributed by atoms with van der Waals surface area (Å²) < 4.78 is 3.15. The third-order valence-corrected chi connectivity index (χ3v) is 5.33. The van der Waals surface area contributed by atoms with Gasteiger partial charge in [-0.05, 0) is 67.1 Å². The average Bonchev–Trinajstić information content (AvgIpc) is 3.09. The Morgan fingerprint density at radius 1 is 1.43 bits per heavy atom. The molecule has 1 aromatic rings. The Bertz CT molecular complexity index is 524. The van der Waals surface area contributed by atoms with Crippen LogP contribution in [-0.4, -0.2) is 34.5 Å². The molecule has 2 N–H and O–H groups in total. The molecule has 2 aliphatic rings. The molecule has 0 spiro atoms. The maximum Gasteiger partial charge on any atom is 0.270 e. The number of hydrogen-bond donors (Lipinski definition) is 1. The first-order chi connectivity index (χ1) is 10.2. The first kappa shape index (κ1) is 15.1. The molecule has 0 radical (unpaired) electrons. The van der Waals surface area contributed by atoms with Crippen LogP contribution in [0, 0.1) is 5.92 Å². The quantitative estimate of drug-likeness (QED) is 0.883. The SMILES string of the molecule is CCN(C(=O)c1cc(Br)cn1C1CC1)C1CCCC1CN. The highest BCUT2D eigenvalue weighted by Gasteiger charge is 2.36. The molecule has 1 aromatic heterocycles. The van der Waals surface area contributed by atoms with Gasteiger partial charge in [0.05, 0.1) is 0 Å². The molecule has 0 saturated heterocycles. The normalized spacial score (nSPS) is 25.3. The molecule has 3 rings (SSSR count). The van der Waals surface area contributed by atoms with Gasteiger partial charge in [-0.25, -0.2) is 0 Å². The first-order valence-corrected chi connectivity index (χ1v) is 8.83. The topological polar surface area (TPSA) is 51.3 Å². The Hall–Kier alpha value is -0.810. The summed E-state index contributed by atoms with van der Waals surface area (Å²) in [6.07, 6.45) is 7.84. The zero-order valence-corrected chi connectivity index (χ0v) is 14.2. The Kier molecular flexibility index (Phi) is 4.41. The van der Waals surface area contributed by atoms with Gasteiger partial charge in [0, 0.05) is 29.3 Å². The van der Waals surface area contributed by atoms with Gasteiger partial charge >= 0.3 is 0 Å². The average molecular weight is 354 g/mol. The van der Waals surface area contributed by atoms with Crippen LogP contribution < -0.4 is 5.73 Å². The molecule has 2 fully saturated rings. The molecule has 1 amide bonds. The van der Waals surface area contributed by atoms with Crippen molar-refractivity contribution in [1.82, 2.24) is 9.47 Å². The maximum atomic E-state index is 13.0. The molecule has 0 aromatic carbocycles. The zero-order chi connectivity index (χ0) is 15.0. The van der Waals surface area contributed by atoms with Crippen molar-refractivity contribution in [3.63, 3.8) is 0 Å². The van der Waals surface area contributed by atoms with E-state index in [0.29, 0.717) is 24.5 Å². The second-order valence-electron chi connectivity index (χ2n) is 6.27. The smallest absolute Gasteiger partial charge is 0.270 e. The molecule has 0 bridgehead atoms. The fraction of sp³-hybridized carbons (Fsp3) is 0.688. The van der Waals surface area contributed by atoms with Crippen LogP contribution in [0.25, 0.3) is 0 Å². The van der Waals surface area contributed by atoms with Gasteiger partial charge in [0.2, 0.25) is 0 Å². The highest BCUT2D eigenvalue weighted by atomic mass is 79.9. The molecular formula is C16H24BrN3O. The number of carbonyl (C=O) groups is 1. The molecule has 2 atom stereocenters. The molecule has 1 heterocycles. The third-order valence-electron chi connectivity index (χ3n) is 4.90. The lowest BCUT2D eigenvalue weighted by Gasteiger charge is -2.32. The molecule has 0 aliphatic heterocycles. The van der Waals surface area contributed by atoms with Crippen LogP contribution in [0.1, 0.15) is 55.6 Å². The highest BCUT2D eigenvalue weighted by Crippen LogP contribution is 2.38. The van der Waals surface area contributed by atoms with Crippen molar-refractivity contribution < 1.29 is 4.79 Å². The van der Waals surface area contributed by atoms with Crippen LogP contribution in [0.15, 0.2) is 16.7 Å². The fourth-order valence-electron chi connectivity index (χ4n) is 3.65. The van der Waals surface area contributed by atoms with E-state index in [0.717, 1.165) is 29.6 Å². The van der Waals surface area contributed by atoms with E-state index in [-0.39, 0.29) is 5.91 Å². The minimum atomic E-state index is 0.167. The van der Waals surface area contributed by atoms with E-state index in [1.54, 1.807) is 0 Å². The van der Waals surface area contributed by atoms with Crippen molar-refractivity contribution in [3.05, 3.63) is 22.4 Å². The molecule has 2 aliphatic carbocycles. The van der Waals surface area contributed by atoms with E-state index in [1.165, 1.54) is 19.3 Å². The maximum absolute atomic E-state index is 13.0. The lowest BCUT2D eigenvalue weighted by atomic mass is 10.0. The van der Waals surface area contributed by atoms with Crippen LogP contribution >= 0.6 is 15.9 Å². The van der Waals surface area contributed by atoms with E-state index in [4.69, 9.17) is 5.73 Å². The summed E-state index contributed by atoms with van der Waals surface area (Å²) in [7, 11) is 0. The summed E-state index contributed by atoms with van der Waals surface area (Å²) in [4.78, 5) is 15.1. The van der Waals surface area contributed by atoms with Gasteiger partial charge in [-0.2, -0.15) is 0 Å². The zero-order valence-electron chi connectivity index (χ0n) is 12.6. The standard InChI is InChI=1S/C16H24BrN3O/c1-2-19(14-5-3-4-11(14)9-18)16(21)15-8-12(17)10-20(15)13-6-7-13/h8,10-11,13-14H,2-7,9,18H2,1H3. The molecule has 116 valence electrons. The van der Waals surface area contributed by atoms with Crippen LogP contribution in [0.3, 0.4) is 0 Å². The molecule has 2 saturated carbocycles. The molecule has 5 heteroatoms. The monoisotopic (exact) mass is 353 g/mol. The number of nitrogens with two attached hydrogens (primary N) is 1. The minimum Gasteiger partial charge on any atom is -0.339 e. The second kappa shape index (κ2) is 6.13. The third kappa shape index (κ3) is 2.90. The molecule has 4 nitrogen and oxygen atoms in total. The van der Waals surface area contributed by atoms with Gasteiger partial charge in [-0.15, -0.1) is 0 Å². The highest BCUT2D eigenvalue weighted by molar-refractivity contribution is 9.10. The van der Waals surface area contributed by atoms with E-state index in [1.807, 2.05) is 17.2 Å². The fourth-order valence-corrected chi connectivity index (χ4v) is 4.09. The van der Waals surface area contributed by atoms with Gasteiger partial charge in [-0.3, -0.25) is 4.79 Å². The lowest BCUT2D eigenvalue weighted by Crippen LogP contribution is -2.44. The van der Waals surface area contributed by atoms with Gasteiger partial charge in [-0.1, -0.05) is 6.42 Å². The lowest BCUT2D eigenvalue weighted by molar-refractivity contribution is 0.0640. The van der Waals surface area contributed by atoms with Crippen molar-refractivity contribution in [2.75, 3.05) is 13.1 Å². The number of nitrogens with zero attached hydrogens (tertiary/aromatic N) is 2. The summed E-state index contributed by atoms with van der Waals surface area (Å²) in [5.41, 5.74) is 6.72. The van der Waals surface area contributed by atoms with E-state index in [2.05, 4.69) is 27.4 Å². The van der Waals surface area contributed by atoms with Crippen molar-refractivity contribution in [2.24, 2.45) is 11.7 Å². The van der Waals surface area contributed by atoms with Crippen LogP contribution in [0.5, 0.6) is 0 Å². The van der Waals surface area contributed by atoms with Gasteiger partial charge in [0.1, 0.15) is 5.69 Å². The number of rotatable bonds is 5. The predicted molar refractivity (Wildman–Crippen MR) is 87.3 cm³/mol. The van der Waals surface area contributed by atoms with E-state index >= 15 is 0 Å². The largest absolute Gasteiger partial charge is 0.339 e. The van der Waals surface area contributed by atoms with Crippen LogP contribution in [0.2, 0.25) is 0 Å². The van der Waals surface area contributed by atoms with Crippen molar-refractivity contribution in [3.8, 4) is 0 Å². The van der Waals surface area contributed by atoms with Gasteiger partial charge < -0.3 is 15.2 Å². The van der Waals surface area contributed by atoms with E-state index < -0.39 is 0 Å². The first-order valence-electron chi connectivity index (χ1n) is 8.04. The summed E-state index contributed by atoms with van der Waals surface area (Å²) in [5, 5.41) is 0. The predicted octanol–water partition coefficient (Wildman–Crippen LogP) is 3.18. The number of aromatic nitrogens is 1. The van der Waals surface area contributed by atoms with Gasteiger partial charge in [0.25, 0.3) is 5.91 Å². The molecule has 2 unspecified atom stereocenters. The summed E-state index contributed by atoms with van der Waals surface area (Å²) >= 11 is 3.52. The summed E-state index contributed by atoms with van der Waals surface area (Å²) in [6.45, 7) is 3.51.